The fourth-order valence-corrected chi connectivity index (χ4v) is 1.09. The van der Waals surface area contributed by atoms with E-state index in [1.54, 1.807) is 12.4 Å². The zero-order chi connectivity index (χ0) is 9.26. The SMILES string of the molecule is Cc1noc(-c2ccncc2)c1N. The monoisotopic (exact) mass is 175 g/mol. The fraction of sp³-hybridized carbons (Fsp3) is 0.111. The number of nitrogens with zero attached hydrogens (tertiary/aromatic N) is 2. The summed E-state index contributed by atoms with van der Waals surface area (Å²) < 4.78 is 5.08. The minimum atomic E-state index is 0.589. The predicted octanol–water partition coefficient (Wildman–Crippen LogP) is 1.63. The first-order valence-electron chi connectivity index (χ1n) is 3.91. The number of anilines is 1. The second-order valence-corrected chi connectivity index (χ2v) is 2.75. The molecule has 0 atom stereocenters. The molecule has 4 heteroatoms. The average molecular weight is 175 g/mol. The lowest BCUT2D eigenvalue weighted by Crippen LogP contribution is -1.87. The quantitative estimate of drug-likeness (QED) is 0.715. The van der Waals surface area contributed by atoms with Crippen LogP contribution in [0.25, 0.3) is 11.3 Å². The summed E-state index contributed by atoms with van der Waals surface area (Å²) in [6.07, 6.45) is 3.37. The average Bonchev–Trinajstić information content (AvgIpc) is 2.49. The van der Waals surface area contributed by atoms with E-state index in [1.807, 2.05) is 19.1 Å². The summed E-state index contributed by atoms with van der Waals surface area (Å²) >= 11 is 0. The van der Waals surface area contributed by atoms with E-state index < -0.39 is 0 Å². The van der Waals surface area contributed by atoms with Crippen LogP contribution in [0.4, 0.5) is 5.69 Å². The number of nitrogens with two attached hydrogens (primary N) is 1. The molecule has 0 amide bonds. The number of nitrogen functional groups attached to an aromatic ring is 1. The van der Waals surface area contributed by atoms with Crippen molar-refractivity contribution in [2.24, 2.45) is 0 Å². The van der Waals surface area contributed by atoms with Gasteiger partial charge in [0.15, 0.2) is 5.76 Å². The Morgan fingerprint density at radius 1 is 1.31 bits per heavy atom. The van der Waals surface area contributed by atoms with Crippen LogP contribution in [0, 0.1) is 6.92 Å². The lowest BCUT2D eigenvalue weighted by atomic mass is 10.2. The Labute approximate surface area is 75.4 Å². The first-order valence-corrected chi connectivity index (χ1v) is 3.91. The lowest BCUT2D eigenvalue weighted by Gasteiger charge is -1.94. The van der Waals surface area contributed by atoms with Crippen molar-refractivity contribution in [1.29, 1.82) is 0 Å². The molecule has 13 heavy (non-hydrogen) atoms. The van der Waals surface area contributed by atoms with Crippen LogP contribution in [0.5, 0.6) is 0 Å². The molecule has 0 aliphatic rings. The Kier molecular flexibility index (Phi) is 1.73. The van der Waals surface area contributed by atoms with E-state index in [0.717, 1.165) is 5.56 Å². The van der Waals surface area contributed by atoms with Crippen LogP contribution in [-0.2, 0) is 0 Å². The van der Waals surface area contributed by atoms with Crippen molar-refractivity contribution in [3.05, 3.63) is 30.2 Å². The predicted molar refractivity (Wildman–Crippen MR) is 48.9 cm³/mol. The first kappa shape index (κ1) is 7.79. The van der Waals surface area contributed by atoms with Gasteiger partial charge in [0.1, 0.15) is 11.4 Å². The minimum absolute atomic E-state index is 0.589. The Morgan fingerprint density at radius 2 is 2.00 bits per heavy atom. The summed E-state index contributed by atoms with van der Waals surface area (Å²) in [7, 11) is 0. The summed E-state index contributed by atoms with van der Waals surface area (Å²) in [6.45, 7) is 1.81. The highest BCUT2D eigenvalue weighted by atomic mass is 16.5. The Morgan fingerprint density at radius 3 is 2.54 bits per heavy atom. The minimum Gasteiger partial charge on any atom is -0.394 e. The second-order valence-electron chi connectivity index (χ2n) is 2.75. The van der Waals surface area contributed by atoms with Gasteiger partial charge in [0, 0.05) is 18.0 Å². The summed E-state index contributed by atoms with van der Waals surface area (Å²) in [5.74, 6) is 0.611. The van der Waals surface area contributed by atoms with Crippen molar-refractivity contribution in [2.45, 2.75) is 6.92 Å². The molecule has 4 nitrogen and oxygen atoms in total. The van der Waals surface area contributed by atoms with E-state index in [4.69, 9.17) is 10.3 Å². The number of hydrogen-bond acceptors (Lipinski definition) is 4. The maximum absolute atomic E-state index is 5.76. The summed E-state index contributed by atoms with van der Waals surface area (Å²) in [6, 6.07) is 3.66. The molecule has 0 saturated carbocycles. The van der Waals surface area contributed by atoms with Crippen LogP contribution >= 0.6 is 0 Å². The van der Waals surface area contributed by atoms with E-state index in [1.165, 1.54) is 0 Å². The third kappa shape index (κ3) is 1.26. The zero-order valence-corrected chi connectivity index (χ0v) is 7.19. The van der Waals surface area contributed by atoms with Crippen molar-refractivity contribution >= 4 is 5.69 Å². The summed E-state index contributed by atoms with van der Waals surface area (Å²) in [5, 5.41) is 3.77. The van der Waals surface area contributed by atoms with E-state index in [9.17, 15) is 0 Å². The maximum atomic E-state index is 5.76. The summed E-state index contributed by atoms with van der Waals surface area (Å²) in [4.78, 5) is 3.90. The standard InChI is InChI=1S/C9H9N3O/c1-6-8(10)9(13-12-6)7-2-4-11-5-3-7/h2-5H,10H2,1H3. The van der Waals surface area contributed by atoms with Gasteiger partial charge in [-0.25, -0.2) is 0 Å². The molecule has 2 N–H and O–H groups in total. The molecule has 0 radical (unpaired) electrons. The van der Waals surface area contributed by atoms with Crippen LogP contribution in [-0.4, -0.2) is 10.1 Å². The number of aromatic nitrogens is 2. The molecule has 2 rings (SSSR count). The Hall–Kier alpha value is -1.84. The molecule has 2 aromatic rings. The number of rotatable bonds is 1. The van der Waals surface area contributed by atoms with Gasteiger partial charge in [-0.05, 0) is 19.1 Å². The second kappa shape index (κ2) is 2.90. The van der Waals surface area contributed by atoms with Crippen molar-refractivity contribution in [1.82, 2.24) is 10.1 Å². The van der Waals surface area contributed by atoms with Crippen molar-refractivity contribution in [2.75, 3.05) is 5.73 Å². The van der Waals surface area contributed by atoms with Gasteiger partial charge in [-0.15, -0.1) is 0 Å². The lowest BCUT2D eigenvalue weighted by molar-refractivity contribution is 0.427. The topological polar surface area (TPSA) is 64.9 Å². The maximum Gasteiger partial charge on any atom is 0.190 e. The number of pyridine rings is 1. The van der Waals surface area contributed by atoms with Gasteiger partial charge in [-0.3, -0.25) is 4.98 Å². The molecule has 0 saturated heterocycles. The smallest absolute Gasteiger partial charge is 0.190 e. The van der Waals surface area contributed by atoms with Crippen LogP contribution in [0.15, 0.2) is 29.0 Å². The van der Waals surface area contributed by atoms with Gasteiger partial charge in [0.05, 0.1) is 0 Å². The van der Waals surface area contributed by atoms with Crippen molar-refractivity contribution in [3.63, 3.8) is 0 Å². The molecule has 0 spiro atoms. The van der Waals surface area contributed by atoms with Crippen LogP contribution in [0.2, 0.25) is 0 Å². The Bertz CT molecular complexity index is 408. The number of hydrogen-bond donors (Lipinski definition) is 1. The molecule has 0 bridgehead atoms. The molecule has 0 fully saturated rings. The highest BCUT2D eigenvalue weighted by Crippen LogP contribution is 2.27. The largest absolute Gasteiger partial charge is 0.394 e. The van der Waals surface area contributed by atoms with Gasteiger partial charge in [0.2, 0.25) is 0 Å². The van der Waals surface area contributed by atoms with Crippen LogP contribution in [0.1, 0.15) is 5.69 Å². The first-order chi connectivity index (χ1) is 6.29. The van der Waals surface area contributed by atoms with E-state index in [2.05, 4.69) is 10.1 Å². The molecular weight excluding hydrogens is 166 g/mol. The van der Waals surface area contributed by atoms with Crippen LogP contribution < -0.4 is 5.73 Å². The highest BCUT2D eigenvalue weighted by molar-refractivity contribution is 5.71. The van der Waals surface area contributed by atoms with Crippen LogP contribution in [0.3, 0.4) is 0 Å². The molecule has 2 aromatic heterocycles. The van der Waals surface area contributed by atoms with Gasteiger partial charge in [0.25, 0.3) is 0 Å². The normalized spacial score (nSPS) is 10.2. The zero-order valence-electron chi connectivity index (χ0n) is 7.19. The van der Waals surface area contributed by atoms with Gasteiger partial charge in [-0.2, -0.15) is 0 Å². The van der Waals surface area contributed by atoms with Gasteiger partial charge < -0.3 is 10.3 Å². The molecule has 2 heterocycles. The highest BCUT2D eigenvalue weighted by Gasteiger charge is 2.10. The number of aryl methyl sites for hydroxylation is 1. The molecule has 0 unspecified atom stereocenters. The fourth-order valence-electron chi connectivity index (χ4n) is 1.09. The van der Waals surface area contributed by atoms with Crippen molar-refractivity contribution < 1.29 is 4.52 Å². The van der Waals surface area contributed by atoms with Gasteiger partial charge >= 0.3 is 0 Å². The molecule has 0 aliphatic heterocycles. The molecule has 0 aromatic carbocycles. The summed E-state index contributed by atoms with van der Waals surface area (Å²) in [5.41, 5.74) is 7.96. The van der Waals surface area contributed by atoms with E-state index in [0.29, 0.717) is 17.1 Å². The molecular formula is C9H9N3O. The third-order valence-electron chi connectivity index (χ3n) is 1.85. The van der Waals surface area contributed by atoms with Crippen molar-refractivity contribution in [3.8, 4) is 11.3 Å². The third-order valence-corrected chi connectivity index (χ3v) is 1.85. The van der Waals surface area contributed by atoms with Gasteiger partial charge in [-0.1, -0.05) is 5.16 Å². The van der Waals surface area contributed by atoms with E-state index >= 15 is 0 Å². The van der Waals surface area contributed by atoms with E-state index in [-0.39, 0.29) is 0 Å². The molecule has 0 aliphatic carbocycles. The molecule has 66 valence electrons. The Balaban J connectivity index is 2.53.